The predicted molar refractivity (Wildman–Crippen MR) is 140 cm³/mol. The van der Waals surface area contributed by atoms with E-state index in [-0.39, 0.29) is 23.9 Å². The minimum atomic E-state index is -4.43. The molecule has 206 valence electrons. The quantitative estimate of drug-likeness (QED) is 0.589. The number of likely N-dealkylation sites (N-methyl/N-ethyl adjacent to an activating group) is 1. The Balaban J connectivity index is 1.36. The van der Waals surface area contributed by atoms with Crippen molar-refractivity contribution in [3.8, 4) is 17.6 Å². The van der Waals surface area contributed by atoms with Crippen LogP contribution in [0.5, 0.6) is 5.75 Å². The molecule has 5 nitrogen and oxygen atoms in total. The topological polar surface area (TPSA) is 53.0 Å². The van der Waals surface area contributed by atoms with Gasteiger partial charge in [-0.1, -0.05) is 31.9 Å². The van der Waals surface area contributed by atoms with Gasteiger partial charge in [0.1, 0.15) is 11.9 Å². The fourth-order valence-corrected chi connectivity index (χ4v) is 7.72. The van der Waals surface area contributed by atoms with Gasteiger partial charge >= 0.3 is 6.18 Å². The zero-order chi connectivity index (χ0) is 27.7. The highest BCUT2D eigenvalue weighted by molar-refractivity contribution is 5.94. The van der Waals surface area contributed by atoms with Crippen LogP contribution in [-0.2, 0) is 22.8 Å². The molecule has 39 heavy (non-hydrogen) atoms. The lowest BCUT2D eigenvalue weighted by Crippen LogP contribution is -2.78. The summed E-state index contributed by atoms with van der Waals surface area (Å²) in [5.41, 5.74) is 0.348. The summed E-state index contributed by atoms with van der Waals surface area (Å²) in [5.74, 6) is 6.06. The van der Waals surface area contributed by atoms with Gasteiger partial charge < -0.3 is 19.6 Å². The third kappa shape index (κ3) is 3.88. The van der Waals surface area contributed by atoms with Gasteiger partial charge in [0.15, 0.2) is 0 Å². The smallest absolute Gasteiger partial charge is 0.416 e. The minimum absolute atomic E-state index is 0.0205. The maximum atomic E-state index is 13.7. The molecule has 2 aromatic carbocycles. The Morgan fingerprint density at radius 1 is 1.21 bits per heavy atom. The van der Waals surface area contributed by atoms with Gasteiger partial charge in [0, 0.05) is 29.6 Å². The second kappa shape index (κ2) is 9.00. The molecule has 1 amide bonds. The Morgan fingerprint density at radius 3 is 2.64 bits per heavy atom. The number of ether oxygens (including phenoxy) is 1. The number of amides is 1. The molecule has 6 rings (SSSR count). The van der Waals surface area contributed by atoms with Crippen LogP contribution in [0.3, 0.4) is 0 Å². The first-order valence-electron chi connectivity index (χ1n) is 13.7. The molecule has 1 spiro atoms. The van der Waals surface area contributed by atoms with E-state index in [0.717, 1.165) is 42.8 Å². The minimum Gasteiger partial charge on any atom is -0.487 e. The van der Waals surface area contributed by atoms with E-state index in [9.17, 15) is 23.1 Å². The average molecular weight is 539 g/mol. The van der Waals surface area contributed by atoms with Crippen molar-refractivity contribution in [2.75, 3.05) is 20.1 Å². The zero-order valence-electron chi connectivity index (χ0n) is 22.4. The van der Waals surface area contributed by atoms with Crippen LogP contribution >= 0.6 is 0 Å². The standard InChI is InChI=1S/C31H33F3N2O3/c1-19(2)18-36(26(37)12-9-20-7-10-22(11-8-20)31(32,33)34)23-13-14-30(38)25-17-21-5-4-6-24-27(21)29(30,28(23)39-24)15-16-35(25)3/h4-8,10-11,19,23,25,28,38H,13-18H2,1-3H3/t23-,25+,28-,29-,30+/m0/s1. The number of nitrogens with zero attached hydrogens (tertiary/aromatic N) is 2. The van der Waals surface area contributed by atoms with E-state index >= 15 is 0 Å². The Hall–Kier alpha value is -3.02. The lowest BCUT2D eigenvalue weighted by molar-refractivity contribution is -0.197. The molecule has 5 atom stereocenters. The Labute approximate surface area is 226 Å². The van der Waals surface area contributed by atoms with E-state index in [2.05, 4.69) is 29.9 Å². The van der Waals surface area contributed by atoms with Crippen molar-refractivity contribution < 1.29 is 27.8 Å². The highest BCUT2D eigenvalue weighted by atomic mass is 19.4. The first kappa shape index (κ1) is 26.2. The van der Waals surface area contributed by atoms with Crippen LogP contribution in [0, 0.1) is 17.8 Å². The van der Waals surface area contributed by atoms with Crippen LogP contribution in [0.4, 0.5) is 13.2 Å². The van der Waals surface area contributed by atoms with Crippen LogP contribution in [0.2, 0.25) is 0 Å². The second-order valence-corrected chi connectivity index (χ2v) is 12.0. The summed E-state index contributed by atoms with van der Waals surface area (Å²) < 4.78 is 45.5. The number of aliphatic hydroxyl groups is 1. The molecular formula is C31H33F3N2O3. The van der Waals surface area contributed by atoms with Gasteiger partial charge in [-0.15, -0.1) is 0 Å². The van der Waals surface area contributed by atoms with Crippen molar-refractivity contribution in [1.82, 2.24) is 9.80 Å². The van der Waals surface area contributed by atoms with Crippen LogP contribution in [0.15, 0.2) is 42.5 Å². The first-order chi connectivity index (χ1) is 18.5. The Morgan fingerprint density at radius 2 is 1.95 bits per heavy atom. The van der Waals surface area contributed by atoms with Gasteiger partial charge in [-0.05, 0) is 81.1 Å². The van der Waals surface area contributed by atoms with Gasteiger partial charge in [0.2, 0.25) is 0 Å². The average Bonchev–Trinajstić information content (AvgIpc) is 3.23. The monoisotopic (exact) mass is 538 g/mol. The normalized spacial score (nSPS) is 30.7. The molecule has 4 aliphatic rings. The molecule has 1 saturated heterocycles. The molecule has 1 N–H and O–H groups in total. The third-order valence-electron chi connectivity index (χ3n) is 9.35. The first-order valence-corrected chi connectivity index (χ1v) is 13.7. The predicted octanol–water partition coefficient (Wildman–Crippen LogP) is 4.39. The molecule has 8 heteroatoms. The molecule has 2 bridgehead atoms. The van der Waals surface area contributed by atoms with Crippen molar-refractivity contribution in [1.29, 1.82) is 0 Å². The number of rotatable bonds is 3. The summed E-state index contributed by atoms with van der Waals surface area (Å²) >= 11 is 0. The molecule has 0 aromatic heterocycles. The summed E-state index contributed by atoms with van der Waals surface area (Å²) in [6.07, 6.45) is -2.19. The van der Waals surface area contributed by atoms with Gasteiger partial charge in [0.05, 0.1) is 22.6 Å². The Kier molecular flexibility index (Phi) is 6.05. The van der Waals surface area contributed by atoms with Gasteiger partial charge in [-0.3, -0.25) is 4.79 Å². The van der Waals surface area contributed by atoms with Gasteiger partial charge in [0.25, 0.3) is 5.91 Å². The number of halogens is 3. The highest BCUT2D eigenvalue weighted by Crippen LogP contribution is 2.64. The maximum absolute atomic E-state index is 13.7. The summed E-state index contributed by atoms with van der Waals surface area (Å²) in [6, 6.07) is 10.3. The van der Waals surface area contributed by atoms with E-state index in [1.54, 1.807) is 4.90 Å². The zero-order valence-corrected chi connectivity index (χ0v) is 22.4. The Bertz CT molecular complexity index is 1360. The fraction of sp³-hybridized carbons (Fsp3) is 0.516. The number of hydrogen-bond acceptors (Lipinski definition) is 4. The number of hydrogen-bond donors (Lipinski definition) is 1. The SMILES string of the molecule is CC(C)CN(C(=O)C#Cc1ccc(C(F)(F)F)cc1)[C@H]1CC[C@@]2(O)[C@H]3Cc4cccc5c4[C@@]2(CCN3C)[C@H]1O5. The number of carbonyl (C=O) groups is 1. The molecule has 1 saturated carbocycles. The lowest BCUT2D eigenvalue weighted by atomic mass is 9.48. The molecule has 2 aromatic rings. The molecule has 2 aliphatic carbocycles. The van der Waals surface area contributed by atoms with Crippen LogP contribution in [-0.4, -0.2) is 64.7 Å². The van der Waals surface area contributed by atoms with E-state index in [1.165, 1.54) is 17.7 Å². The van der Waals surface area contributed by atoms with Crippen molar-refractivity contribution in [3.05, 3.63) is 64.7 Å². The van der Waals surface area contributed by atoms with Gasteiger partial charge in [-0.2, -0.15) is 13.2 Å². The third-order valence-corrected chi connectivity index (χ3v) is 9.35. The number of carbonyl (C=O) groups excluding carboxylic acids is 1. The van der Waals surface area contributed by atoms with Crippen molar-refractivity contribution in [2.24, 2.45) is 5.92 Å². The van der Waals surface area contributed by atoms with E-state index < -0.39 is 28.9 Å². The number of alkyl halides is 3. The highest BCUT2D eigenvalue weighted by Gasteiger charge is 2.72. The summed E-state index contributed by atoms with van der Waals surface area (Å²) in [7, 11) is 2.08. The van der Waals surface area contributed by atoms with Crippen LogP contribution in [0.1, 0.15) is 55.4 Å². The fourth-order valence-electron chi connectivity index (χ4n) is 7.72. The van der Waals surface area contributed by atoms with Crippen LogP contribution in [0.25, 0.3) is 0 Å². The summed E-state index contributed by atoms with van der Waals surface area (Å²) in [4.78, 5) is 17.7. The number of piperidine rings is 1. The van der Waals surface area contributed by atoms with Crippen LogP contribution < -0.4 is 4.74 Å². The lowest BCUT2D eigenvalue weighted by Gasteiger charge is -2.64. The molecule has 2 heterocycles. The van der Waals surface area contributed by atoms with Crippen molar-refractivity contribution >= 4 is 5.91 Å². The largest absolute Gasteiger partial charge is 0.487 e. The maximum Gasteiger partial charge on any atom is 0.416 e. The molecule has 2 fully saturated rings. The van der Waals surface area contributed by atoms with Crippen molar-refractivity contribution in [2.45, 2.75) is 74.9 Å². The number of likely N-dealkylation sites (tertiary alicyclic amines) is 1. The second-order valence-electron chi connectivity index (χ2n) is 12.0. The molecular weight excluding hydrogens is 505 g/mol. The van der Waals surface area contributed by atoms with Gasteiger partial charge in [-0.25, -0.2) is 0 Å². The molecule has 0 unspecified atom stereocenters. The summed E-state index contributed by atoms with van der Waals surface area (Å²) in [6.45, 7) is 5.37. The van der Waals surface area contributed by atoms with E-state index in [4.69, 9.17) is 4.74 Å². The van der Waals surface area contributed by atoms with E-state index in [1.807, 2.05) is 26.0 Å². The van der Waals surface area contributed by atoms with E-state index in [0.29, 0.717) is 24.9 Å². The number of benzene rings is 2. The molecule has 0 radical (unpaired) electrons. The molecule has 2 aliphatic heterocycles. The summed E-state index contributed by atoms with van der Waals surface area (Å²) in [5, 5.41) is 12.4. The van der Waals surface area contributed by atoms with Crippen molar-refractivity contribution in [3.63, 3.8) is 0 Å².